The first-order valence-corrected chi connectivity index (χ1v) is 9.14. The Morgan fingerprint density at radius 2 is 2.19 bits per heavy atom. The molecule has 134 valence electrons. The van der Waals surface area contributed by atoms with E-state index in [1.807, 2.05) is 12.1 Å². The third-order valence-corrected chi connectivity index (χ3v) is 5.81. The van der Waals surface area contributed by atoms with Crippen molar-refractivity contribution in [2.24, 2.45) is 5.73 Å². The highest BCUT2D eigenvalue weighted by atomic mass is 31.0. The number of benzene rings is 2. The number of primary amides is 1. The van der Waals surface area contributed by atoms with E-state index in [1.54, 1.807) is 30.5 Å². The molecule has 3 aromatic rings. The minimum Gasteiger partial charge on any atom is -0.366 e. The normalized spacial score (nSPS) is 20.4. The molecule has 26 heavy (non-hydrogen) atoms. The summed E-state index contributed by atoms with van der Waals surface area (Å²) in [6, 6.07) is 10.4. The summed E-state index contributed by atoms with van der Waals surface area (Å²) in [5, 5.41) is 8.34. The lowest BCUT2D eigenvalue weighted by Gasteiger charge is -2.34. The van der Waals surface area contributed by atoms with E-state index in [0.717, 1.165) is 36.9 Å². The average Bonchev–Trinajstić information content (AvgIpc) is 3.05. The number of amides is 1. The molecule has 2 heterocycles. The highest BCUT2D eigenvalue weighted by molar-refractivity contribution is 7.18. The van der Waals surface area contributed by atoms with Gasteiger partial charge in [0.05, 0.1) is 5.56 Å². The third kappa shape index (κ3) is 2.89. The van der Waals surface area contributed by atoms with Gasteiger partial charge in [0.25, 0.3) is 5.91 Å². The van der Waals surface area contributed by atoms with E-state index in [4.69, 9.17) is 5.73 Å². The topological polar surface area (TPSA) is 72.9 Å². The van der Waals surface area contributed by atoms with Gasteiger partial charge in [-0.2, -0.15) is 5.10 Å². The van der Waals surface area contributed by atoms with Crippen LogP contribution in [0.5, 0.6) is 0 Å². The fourth-order valence-electron chi connectivity index (χ4n) is 3.55. The van der Waals surface area contributed by atoms with Crippen LogP contribution in [0.25, 0.3) is 16.6 Å². The number of hydrogen-bond donors (Lipinski definition) is 2. The van der Waals surface area contributed by atoms with Crippen LogP contribution in [0, 0.1) is 5.82 Å². The molecule has 5 nitrogen and oxygen atoms in total. The maximum Gasteiger partial charge on any atom is 0.250 e. The zero-order valence-corrected chi connectivity index (χ0v) is 15.4. The molecule has 0 aliphatic carbocycles. The summed E-state index contributed by atoms with van der Waals surface area (Å²) in [5.74, 6) is -0.894. The van der Waals surface area contributed by atoms with Gasteiger partial charge in [-0.15, -0.1) is 9.24 Å². The predicted octanol–water partition coefficient (Wildman–Crippen LogP) is 2.72. The summed E-state index contributed by atoms with van der Waals surface area (Å²) in [4.78, 5) is 11.6. The lowest BCUT2D eigenvalue weighted by Crippen LogP contribution is -2.38. The van der Waals surface area contributed by atoms with Crippen LogP contribution in [0.15, 0.2) is 42.6 Å². The molecule has 2 unspecified atom stereocenters. The first-order chi connectivity index (χ1) is 12.5. The number of nitrogens with zero attached hydrogens (tertiary/aromatic N) is 2. The largest absolute Gasteiger partial charge is 0.366 e. The van der Waals surface area contributed by atoms with Crippen molar-refractivity contribution in [1.82, 2.24) is 15.1 Å². The average molecular weight is 370 g/mol. The molecular formula is C19H20FN4OP. The molecule has 3 N–H and O–H groups in total. The molecular weight excluding hydrogens is 350 g/mol. The molecule has 0 saturated carbocycles. The van der Waals surface area contributed by atoms with Gasteiger partial charge in [-0.25, -0.2) is 9.07 Å². The Hall–Kier alpha value is -2.30. The summed E-state index contributed by atoms with van der Waals surface area (Å²) in [5.41, 5.74) is 7.50. The molecule has 1 aromatic heterocycles. The van der Waals surface area contributed by atoms with Crippen molar-refractivity contribution >= 4 is 26.0 Å². The van der Waals surface area contributed by atoms with Crippen LogP contribution in [-0.4, -0.2) is 28.8 Å². The lowest BCUT2D eigenvalue weighted by atomic mass is 9.90. The minimum absolute atomic E-state index is 0.147. The first-order valence-electron chi connectivity index (χ1n) is 8.56. The molecule has 1 saturated heterocycles. The van der Waals surface area contributed by atoms with E-state index in [1.165, 1.54) is 4.68 Å². The molecule has 4 rings (SSSR count). The van der Waals surface area contributed by atoms with Crippen LogP contribution < -0.4 is 11.1 Å². The fraction of sp³-hybridized carbons (Fsp3) is 0.263. The van der Waals surface area contributed by atoms with E-state index in [9.17, 15) is 9.18 Å². The number of hydrogen-bond acceptors (Lipinski definition) is 3. The summed E-state index contributed by atoms with van der Waals surface area (Å²) >= 11 is 0. The maximum atomic E-state index is 14.9. The summed E-state index contributed by atoms with van der Waals surface area (Å²) in [6.07, 6.45) is 3.77. The van der Waals surface area contributed by atoms with Gasteiger partial charge >= 0.3 is 0 Å². The Morgan fingerprint density at radius 1 is 1.35 bits per heavy atom. The molecule has 1 fully saturated rings. The van der Waals surface area contributed by atoms with E-state index >= 15 is 0 Å². The second-order valence-corrected chi connectivity index (χ2v) is 7.89. The smallest absolute Gasteiger partial charge is 0.250 e. The molecule has 1 aliphatic rings. The fourth-order valence-corrected chi connectivity index (χ4v) is 4.07. The van der Waals surface area contributed by atoms with Crippen LogP contribution in [0.1, 0.15) is 28.8 Å². The minimum atomic E-state index is -0.550. The van der Waals surface area contributed by atoms with E-state index in [0.29, 0.717) is 16.8 Å². The number of fused-ring (bicyclic) bond motifs is 1. The number of piperidine rings is 1. The van der Waals surface area contributed by atoms with Gasteiger partial charge in [-0.1, -0.05) is 18.2 Å². The molecule has 7 heteroatoms. The third-order valence-electron chi connectivity index (χ3n) is 4.99. The molecule has 2 aromatic carbocycles. The second-order valence-electron chi connectivity index (χ2n) is 6.78. The number of carbonyl (C=O) groups excluding carboxylic acids is 1. The van der Waals surface area contributed by atoms with Gasteiger partial charge in [-0.05, 0) is 43.1 Å². The van der Waals surface area contributed by atoms with Crippen molar-refractivity contribution in [3.63, 3.8) is 0 Å². The standard InChI is InChI=1S/C19H20FN4OP/c20-15-9-13(19(26)7-2-8-22-11-19)5-6-16(15)24-10-12-3-1-4-14(18(21)25)17(12)23-24/h1,3-6,9-10,22H,2,7-8,11,26H2,(H2,21,25). The van der Waals surface area contributed by atoms with Crippen LogP contribution in [0.3, 0.4) is 0 Å². The molecule has 1 amide bonds. The zero-order valence-electron chi connectivity index (χ0n) is 14.2. The van der Waals surface area contributed by atoms with Crippen molar-refractivity contribution < 1.29 is 9.18 Å². The zero-order chi connectivity index (χ0) is 18.3. The lowest BCUT2D eigenvalue weighted by molar-refractivity contribution is 0.100. The monoisotopic (exact) mass is 370 g/mol. The number of rotatable bonds is 3. The molecule has 0 radical (unpaired) electrons. The number of aromatic nitrogens is 2. The molecule has 0 bridgehead atoms. The summed E-state index contributed by atoms with van der Waals surface area (Å²) in [6.45, 7) is 1.81. The summed E-state index contributed by atoms with van der Waals surface area (Å²) in [7, 11) is 2.88. The SMILES string of the molecule is NC(=O)c1cccc2cn(-c3ccc(C4(P)CCCNC4)cc3F)nc12. The first kappa shape index (κ1) is 17.1. The molecule has 1 aliphatic heterocycles. The number of halogens is 1. The Bertz CT molecular complexity index is 994. The Labute approximate surface area is 153 Å². The number of carbonyl (C=O) groups is 1. The van der Waals surface area contributed by atoms with Gasteiger partial charge in [0, 0.05) is 23.3 Å². The maximum absolute atomic E-state index is 14.9. The van der Waals surface area contributed by atoms with Crippen molar-refractivity contribution in [3.05, 3.63) is 59.5 Å². The van der Waals surface area contributed by atoms with Crippen molar-refractivity contribution in [1.29, 1.82) is 0 Å². The summed E-state index contributed by atoms with van der Waals surface area (Å²) < 4.78 is 16.3. The Morgan fingerprint density at radius 3 is 2.88 bits per heavy atom. The molecule has 2 atom stereocenters. The van der Waals surface area contributed by atoms with Crippen LogP contribution >= 0.6 is 9.24 Å². The molecule has 0 spiro atoms. The van der Waals surface area contributed by atoms with E-state index in [-0.39, 0.29) is 11.0 Å². The van der Waals surface area contributed by atoms with E-state index < -0.39 is 5.91 Å². The van der Waals surface area contributed by atoms with Gasteiger partial charge in [-0.3, -0.25) is 4.79 Å². The van der Waals surface area contributed by atoms with Crippen molar-refractivity contribution in [2.75, 3.05) is 13.1 Å². The number of nitrogens with one attached hydrogen (secondary N) is 1. The van der Waals surface area contributed by atoms with Gasteiger partial charge in [0.2, 0.25) is 0 Å². The van der Waals surface area contributed by atoms with Crippen LogP contribution in [0.4, 0.5) is 4.39 Å². The van der Waals surface area contributed by atoms with Crippen LogP contribution in [-0.2, 0) is 5.16 Å². The Kier molecular flexibility index (Phi) is 4.25. The predicted molar refractivity (Wildman–Crippen MR) is 103 cm³/mol. The van der Waals surface area contributed by atoms with Crippen LogP contribution in [0.2, 0.25) is 0 Å². The van der Waals surface area contributed by atoms with Gasteiger partial charge in [0.1, 0.15) is 17.0 Å². The van der Waals surface area contributed by atoms with Crippen molar-refractivity contribution in [2.45, 2.75) is 18.0 Å². The highest BCUT2D eigenvalue weighted by Crippen LogP contribution is 2.38. The Balaban J connectivity index is 1.76. The quantitative estimate of drug-likeness (QED) is 0.697. The number of nitrogens with two attached hydrogens (primary N) is 1. The van der Waals surface area contributed by atoms with E-state index in [2.05, 4.69) is 19.7 Å². The van der Waals surface area contributed by atoms with Crippen molar-refractivity contribution in [3.8, 4) is 5.69 Å². The van der Waals surface area contributed by atoms with Gasteiger partial charge < -0.3 is 11.1 Å². The highest BCUT2D eigenvalue weighted by Gasteiger charge is 2.29. The van der Waals surface area contributed by atoms with Gasteiger partial charge in [0.15, 0.2) is 0 Å². The second kappa shape index (κ2) is 6.45.